The lowest BCUT2D eigenvalue weighted by Crippen LogP contribution is -2.41. The lowest BCUT2D eigenvalue weighted by Gasteiger charge is -2.21. The van der Waals surface area contributed by atoms with Crippen molar-refractivity contribution >= 4 is 6.03 Å². The lowest BCUT2D eigenvalue weighted by molar-refractivity contribution is 0.113. The van der Waals surface area contributed by atoms with E-state index in [1.807, 2.05) is 24.3 Å². The topological polar surface area (TPSA) is 94.1 Å². The minimum Gasteiger partial charge on any atom is -0.391 e. The molecule has 7 heteroatoms. The predicted molar refractivity (Wildman–Crippen MR) is 85.4 cm³/mol. The fourth-order valence-corrected chi connectivity index (χ4v) is 2.48. The first-order chi connectivity index (χ1) is 11.1. The van der Waals surface area contributed by atoms with Gasteiger partial charge in [-0.3, -0.25) is 5.10 Å². The average molecular weight is 315 g/mol. The Balaban J connectivity index is 1.53. The van der Waals surface area contributed by atoms with Gasteiger partial charge in [-0.15, -0.1) is 0 Å². The molecule has 1 aliphatic rings. The maximum Gasteiger partial charge on any atom is 0.317 e. The molecule has 2 amide bonds. The van der Waals surface area contributed by atoms with Crippen molar-refractivity contribution in [2.45, 2.75) is 25.5 Å². The van der Waals surface area contributed by atoms with Crippen molar-refractivity contribution in [2.75, 3.05) is 13.6 Å². The monoisotopic (exact) mass is 315 g/mol. The van der Waals surface area contributed by atoms with Crippen LogP contribution in [0, 0.1) is 5.92 Å². The third-order valence-electron chi connectivity index (χ3n) is 4.03. The average Bonchev–Trinajstić information content (AvgIpc) is 3.27. The second-order valence-electron chi connectivity index (χ2n) is 5.98. The minimum atomic E-state index is -0.416. The molecule has 1 aliphatic carbocycles. The molecule has 2 aromatic rings. The van der Waals surface area contributed by atoms with E-state index in [-0.39, 0.29) is 6.03 Å². The van der Waals surface area contributed by atoms with Gasteiger partial charge in [0.1, 0.15) is 6.33 Å². The zero-order valence-electron chi connectivity index (χ0n) is 13.1. The van der Waals surface area contributed by atoms with Crippen molar-refractivity contribution < 1.29 is 9.90 Å². The van der Waals surface area contributed by atoms with Crippen LogP contribution in [0.3, 0.4) is 0 Å². The molecule has 1 fully saturated rings. The van der Waals surface area contributed by atoms with Crippen LogP contribution in [-0.2, 0) is 6.54 Å². The molecule has 0 radical (unpaired) electrons. The number of amides is 2. The standard InChI is InChI=1S/C16H21N5O2/c1-21(9-14(22)12-5-6-12)16(23)17-8-11-3-2-4-13(7-11)15-18-10-19-20-15/h2-4,7,10,12,14,22H,5-6,8-9H2,1H3,(H,17,23)(H,18,19,20). The molecule has 0 aliphatic heterocycles. The number of hydrogen-bond acceptors (Lipinski definition) is 4. The van der Waals surface area contributed by atoms with Crippen molar-refractivity contribution in [1.82, 2.24) is 25.4 Å². The van der Waals surface area contributed by atoms with Crippen LogP contribution in [0.25, 0.3) is 11.4 Å². The number of benzene rings is 1. The van der Waals surface area contributed by atoms with Gasteiger partial charge in [-0.1, -0.05) is 18.2 Å². The zero-order valence-corrected chi connectivity index (χ0v) is 13.1. The summed E-state index contributed by atoms with van der Waals surface area (Å²) in [5, 5.41) is 19.4. The van der Waals surface area contributed by atoms with Crippen LogP contribution in [0.1, 0.15) is 18.4 Å². The van der Waals surface area contributed by atoms with E-state index in [0.717, 1.165) is 24.0 Å². The Bertz CT molecular complexity index is 654. The van der Waals surface area contributed by atoms with E-state index in [0.29, 0.717) is 24.8 Å². The summed E-state index contributed by atoms with van der Waals surface area (Å²) in [7, 11) is 1.70. The van der Waals surface area contributed by atoms with Crippen LogP contribution in [0.15, 0.2) is 30.6 Å². The molecule has 1 saturated carbocycles. The number of carbonyl (C=O) groups excluding carboxylic acids is 1. The maximum atomic E-state index is 12.1. The van der Waals surface area contributed by atoms with Gasteiger partial charge in [0.05, 0.1) is 6.10 Å². The van der Waals surface area contributed by atoms with E-state index >= 15 is 0 Å². The number of nitrogens with one attached hydrogen (secondary N) is 2. The van der Waals surface area contributed by atoms with Gasteiger partial charge in [-0.2, -0.15) is 5.10 Å². The molecule has 122 valence electrons. The van der Waals surface area contributed by atoms with E-state index in [1.54, 1.807) is 7.05 Å². The Labute approximate surface area is 134 Å². The van der Waals surface area contributed by atoms with Gasteiger partial charge in [0.15, 0.2) is 5.82 Å². The van der Waals surface area contributed by atoms with Crippen molar-refractivity contribution in [3.05, 3.63) is 36.2 Å². The maximum absolute atomic E-state index is 12.1. The molecule has 0 spiro atoms. The molecular formula is C16H21N5O2. The number of urea groups is 1. The summed E-state index contributed by atoms with van der Waals surface area (Å²) in [5.74, 6) is 1.06. The molecule has 0 saturated heterocycles. The van der Waals surface area contributed by atoms with Gasteiger partial charge in [0.25, 0.3) is 0 Å². The summed E-state index contributed by atoms with van der Waals surface area (Å²) < 4.78 is 0. The summed E-state index contributed by atoms with van der Waals surface area (Å²) in [5.41, 5.74) is 1.90. The highest BCUT2D eigenvalue weighted by molar-refractivity contribution is 5.74. The molecule has 1 heterocycles. The predicted octanol–water partition coefficient (Wildman–Crippen LogP) is 1.38. The largest absolute Gasteiger partial charge is 0.391 e. The Morgan fingerprint density at radius 3 is 3.04 bits per heavy atom. The molecule has 1 atom stereocenters. The highest BCUT2D eigenvalue weighted by Crippen LogP contribution is 2.32. The van der Waals surface area contributed by atoms with Crippen LogP contribution >= 0.6 is 0 Å². The smallest absolute Gasteiger partial charge is 0.317 e. The lowest BCUT2D eigenvalue weighted by atomic mass is 10.1. The summed E-state index contributed by atoms with van der Waals surface area (Å²) >= 11 is 0. The van der Waals surface area contributed by atoms with Crippen molar-refractivity contribution in [2.24, 2.45) is 5.92 Å². The van der Waals surface area contributed by atoms with Gasteiger partial charge in [-0.25, -0.2) is 9.78 Å². The fourth-order valence-electron chi connectivity index (χ4n) is 2.48. The highest BCUT2D eigenvalue weighted by atomic mass is 16.3. The number of aliphatic hydroxyl groups excluding tert-OH is 1. The number of aliphatic hydroxyl groups is 1. The van der Waals surface area contributed by atoms with Gasteiger partial charge < -0.3 is 15.3 Å². The van der Waals surface area contributed by atoms with Crippen LogP contribution in [0.4, 0.5) is 4.79 Å². The SMILES string of the molecule is CN(CC(O)C1CC1)C(=O)NCc1cccc(-c2ncn[nH]2)c1. The molecule has 1 aromatic heterocycles. The van der Waals surface area contributed by atoms with Crippen LogP contribution < -0.4 is 5.32 Å². The van der Waals surface area contributed by atoms with Crippen LogP contribution in [-0.4, -0.2) is 50.9 Å². The normalized spacial score (nSPS) is 15.2. The zero-order chi connectivity index (χ0) is 16.2. The molecule has 23 heavy (non-hydrogen) atoms. The number of likely N-dealkylation sites (N-methyl/N-ethyl adjacent to an activating group) is 1. The number of carbonyl (C=O) groups is 1. The third kappa shape index (κ3) is 4.07. The summed E-state index contributed by atoms with van der Waals surface area (Å²) in [6.07, 6.45) is 3.17. The number of aromatic nitrogens is 3. The molecule has 3 rings (SSSR count). The first-order valence-corrected chi connectivity index (χ1v) is 7.75. The first-order valence-electron chi connectivity index (χ1n) is 7.75. The molecule has 1 aromatic carbocycles. The number of H-pyrrole nitrogens is 1. The summed E-state index contributed by atoms with van der Waals surface area (Å²) in [6.45, 7) is 0.791. The highest BCUT2D eigenvalue weighted by Gasteiger charge is 2.31. The summed E-state index contributed by atoms with van der Waals surface area (Å²) in [6, 6.07) is 7.57. The van der Waals surface area contributed by atoms with Crippen molar-refractivity contribution in [1.29, 1.82) is 0 Å². The Kier molecular flexibility index (Phi) is 4.57. The van der Waals surface area contributed by atoms with E-state index in [2.05, 4.69) is 20.5 Å². The van der Waals surface area contributed by atoms with E-state index < -0.39 is 6.10 Å². The van der Waals surface area contributed by atoms with E-state index in [4.69, 9.17) is 0 Å². The Hall–Kier alpha value is -2.41. The van der Waals surface area contributed by atoms with Gasteiger partial charge in [-0.05, 0) is 30.4 Å². The van der Waals surface area contributed by atoms with Crippen molar-refractivity contribution in [3.63, 3.8) is 0 Å². The molecule has 7 nitrogen and oxygen atoms in total. The Morgan fingerprint density at radius 1 is 1.52 bits per heavy atom. The van der Waals surface area contributed by atoms with Gasteiger partial charge >= 0.3 is 6.03 Å². The van der Waals surface area contributed by atoms with E-state index in [1.165, 1.54) is 11.2 Å². The second-order valence-corrected chi connectivity index (χ2v) is 5.98. The van der Waals surface area contributed by atoms with E-state index in [9.17, 15) is 9.90 Å². The number of nitrogens with zero attached hydrogens (tertiary/aromatic N) is 3. The second kappa shape index (κ2) is 6.78. The third-order valence-corrected chi connectivity index (χ3v) is 4.03. The number of aromatic amines is 1. The summed E-state index contributed by atoms with van der Waals surface area (Å²) in [4.78, 5) is 17.7. The van der Waals surface area contributed by atoms with Gasteiger partial charge in [0, 0.05) is 25.7 Å². The van der Waals surface area contributed by atoms with Crippen LogP contribution in [0.2, 0.25) is 0 Å². The molecule has 0 bridgehead atoms. The Morgan fingerprint density at radius 2 is 2.35 bits per heavy atom. The fraction of sp³-hybridized carbons (Fsp3) is 0.438. The quantitative estimate of drug-likeness (QED) is 0.751. The molecule has 3 N–H and O–H groups in total. The van der Waals surface area contributed by atoms with Gasteiger partial charge in [0.2, 0.25) is 0 Å². The first kappa shape index (κ1) is 15.5. The number of hydrogen-bond donors (Lipinski definition) is 3. The number of rotatable bonds is 6. The minimum absolute atomic E-state index is 0.185. The van der Waals surface area contributed by atoms with Crippen LogP contribution in [0.5, 0.6) is 0 Å². The van der Waals surface area contributed by atoms with Crippen molar-refractivity contribution in [3.8, 4) is 11.4 Å². The molecular weight excluding hydrogens is 294 g/mol. The molecule has 1 unspecified atom stereocenters.